The molecule has 4 heteroatoms. The summed E-state index contributed by atoms with van der Waals surface area (Å²) in [5, 5.41) is 2.79. The number of nitrogens with two attached hydrogens (primary N) is 1. The lowest BCUT2D eigenvalue weighted by molar-refractivity contribution is -0.122. The SMILES string of the molecule is CCCCC(=O)NC(C)(C)C(N)=S. The molecule has 0 unspecified atom stereocenters. The summed E-state index contributed by atoms with van der Waals surface area (Å²) in [5.41, 5.74) is 4.89. The fourth-order valence-corrected chi connectivity index (χ4v) is 0.861. The molecule has 0 radical (unpaired) electrons. The molecule has 0 saturated carbocycles. The molecular weight excluding hydrogens is 184 g/mol. The van der Waals surface area contributed by atoms with Gasteiger partial charge in [0.05, 0.1) is 10.5 Å². The highest BCUT2D eigenvalue weighted by Crippen LogP contribution is 2.03. The molecule has 0 aliphatic carbocycles. The average molecular weight is 202 g/mol. The Labute approximate surface area is 85.1 Å². The first-order valence-corrected chi connectivity index (χ1v) is 4.92. The van der Waals surface area contributed by atoms with Crippen LogP contribution in [0.3, 0.4) is 0 Å². The highest BCUT2D eigenvalue weighted by atomic mass is 32.1. The van der Waals surface area contributed by atoms with Gasteiger partial charge in [0.2, 0.25) is 5.91 Å². The molecule has 0 spiro atoms. The Balaban J connectivity index is 3.97. The normalized spacial score (nSPS) is 11.0. The maximum Gasteiger partial charge on any atom is 0.220 e. The van der Waals surface area contributed by atoms with Crippen molar-refractivity contribution < 1.29 is 4.79 Å². The number of hydrogen-bond donors (Lipinski definition) is 2. The van der Waals surface area contributed by atoms with Gasteiger partial charge in [-0.2, -0.15) is 0 Å². The van der Waals surface area contributed by atoms with Crippen molar-refractivity contribution in [3.63, 3.8) is 0 Å². The largest absolute Gasteiger partial charge is 0.391 e. The molecule has 0 aliphatic heterocycles. The maximum absolute atomic E-state index is 11.3. The van der Waals surface area contributed by atoms with Crippen LogP contribution in [0, 0.1) is 0 Å². The van der Waals surface area contributed by atoms with Gasteiger partial charge in [-0.3, -0.25) is 4.79 Å². The Hall–Kier alpha value is -0.640. The molecule has 0 heterocycles. The second-order valence-electron chi connectivity index (χ2n) is 3.64. The molecular formula is C9H18N2OS. The Bertz CT molecular complexity index is 202. The zero-order valence-electron chi connectivity index (χ0n) is 8.52. The fraction of sp³-hybridized carbons (Fsp3) is 0.778. The van der Waals surface area contributed by atoms with Crippen molar-refractivity contribution in [2.75, 3.05) is 0 Å². The summed E-state index contributed by atoms with van der Waals surface area (Å²) in [6.07, 6.45) is 2.46. The van der Waals surface area contributed by atoms with E-state index in [0.29, 0.717) is 11.4 Å². The van der Waals surface area contributed by atoms with Crippen LogP contribution in [0.1, 0.15) is 40.0 Å². The highest BCUT2D eigenvalue weighted by molar-refractivity contribution is 7.80. The number of hydrogen-bond acceptors (Lipinski definition) is 2. The lowest BCUT2D eigenvalue weighted by atomic mass is 10.1. The third kappa shape index (κ3) is 4.83. The van der Waals surface area contributed by atoms with Gasteiger partial charge in [-0.15, -0.1) is 0 Å². The monoisotopic (exact) mass is 202 g/mol. The quantitative estimate of drug-likeness (QED) is 0.662. The molecule has 0 aromatic rings. The second kappa shape index (κ2) is 5.17. The molecule has 0 aromatic carbocycles. The van der Waals surface area contributed by atoms with Crippen molar-refractivity contribution in [2.24, 2.45) is 5.73 Å². The summed E-state index contributed by atoms with van der Waals surface area (Å²) < 4.78 is 0. The standard InChI is InChI=1S/C9H18N2OS/c1-4-5-6-7(12)11-9(2,3)8(10)13/h4-6H2,1-3H3,(H2,10,13)(H,11,12). The lowest BCUT2D eigenvalue weighted by Gasteiger charge is -2.24. The number of rotatable bonds is 5. The zero-order chi connectivity index (χ0) is 10.5. The average Bonchev–Trinajstić information content (AvgIpc) is 1.99. The molecule has 0 aliphatic rings. The van der Waals surface area contributed by atoms with Crippen LogP contribution in [0.25, 0.3) is 0 Å². The maximum atomic E-state index is 11.3. The third-order valence-electron chi connectivity index (χ3n) is 1.83. The molecule has 0 aromatic heterocycles. The van der Waals surface area contributed by atoms with E-state index in [9.17, 15) is 4.79 Å². The van der Waals surface area contributed by atoms with Crippen molar-refractivity contribution in [2.45, 2.75) is 45.6 Å². The molecule has 3 N–H and O–H groups in total. The summed E-state index contributed by atoms with van der Waals surface area (Å²) in [6.45, 7) is 5.66. The number of amides is 1. The molecule has 76 valence electrons. The Morgan fingerprint density at radius 3 is 2.46 bits per heavy atom. The van der Waals surface area contributed by atoms with Crippen molar-refractivity contribution >= 4 is 23.1 Å². The van der Waals surface area contributed by atoms with Crippen LogP contribution in [-0.2, 0) is 4.79 Å². The van der Waals surface area contributed by atoms with Gasteiger partial charge in [-0.05, 0) is 20.3 Å². The van der Waals surface area contributed by atoms with Gasteiger partial charge in [0.25, 0.3) is 0 Å². The van der Waals surface area contributed by atoms with Crippen LogP contribution >= 0.6 is 12.2 Å². The predicted octanol–water partition coefficient (Wildman–Crippen LogP) is 1.36. The first-order valence-electron chi connectivity index (χ1n) is 4.51. The Kier molecular flexibility index (Phi) is 4.91. The zero-order valence-corrected chi connectivity index (χ0v) is 9.33. The molecule has 1 amide bonds. The number of carbonyl (C=O) groups is 1. The summed E-state index contributed by atoms with van der Waals surface area (Å²) in [5.74, 6) is 0.0136. The van der Waals surface area contributed by atoms with Gasteiger partial charge in [0.15, 0.2) is 0 Å². The van der Waals surface area contributed by atoms with Crippen molar-refractivity contribution in [1.29, 1.82) is 0 Å². The minimum Gasteiger partial charge on any atom is -0.391 e. The molecule has 3 nitrogen and oxygen atoms in total. The first kappa shape index (κ1) is 12.4. The van der Waals surface area contributed by atoms with Crippen molar-refractivity contribution in [3.05, 3.63) is 0 Å². The Morgan fingerprint density at radius 1 is 1.54 bits per heavy atom. The smallest absolute Gasteiger partial charge is 0.220 e. The van der Waals surface area contributed by atoms with E-state index in [4.69, 9.17) is 18.0 Å². The molecule has 0 fully saturated rings. The van der Waals surface area contributed by atoms with Crippen molar-refractivity contribution in [3.8, 4) is 0 Å². The molecule has 0 saturated heterocycles. The number of unbranched alkanes of at least 4 members (excludes halogenated alkanes) is 1. The van der Waals surface area contributed by atoms with Gasteiger partial charge in [-0.25, -0.2) is 0 Å². The van der Waals surface area contributed by atoms with E-state index in [0.717, 1.165) is 12.8 Å². The second-order valence-corrected chi connectivity index (χ2v) is 4.08. The topological polar surface area (TPSA) is 55.1 Å². The molecule has 0 bridgehead atoms. The number of nitrogens with one attached hydrogen (secondary N) is 1. The lowest BCUT2D eigenvalue weighted by Crippen LogP contribution is -2.52. The summed E-state index contributed by atoms with van der Waals surface area (Å²) in [4.78, 5) is 11.6. The van der Waals surface area contributed by atoms with E-state index in [2.05, 4.69) is 5.32 Å². The van der Waals surface area contributed by atoms with Gasteiger partial charge in [0.1, 0.15) is 0 Å². The fourth-order valence-electron chi connectivity index (χ4n) is 0.810. The van der Waals surface area contributed by atoms with E-state index in [-0.39, 0.29) is 5.91 Å². The summed E-state index contributed by atoms with van der Waals surface area (Å²) in [6, 6.07) is 0. The van der Waals surface area contributed by atoms with Gasteiger partial charge < -0.3 is 11.1 Å². The highest BCUT2D eigenvalue weighted by Gasteiger charge is 2.22. The molecule has 0 rings (SSSR count). The summed E-state index contributed by atoms with van der Waals surface area (Å²) >= 11 is 4.83. The van der Waals surface area contributed by atoms with Crippen LogP contribution in [0.15, 0.2) is 0 Å². The molecule has 13 heavy (non-hydrogen) atoms. The first-order chi connectivity index (χ1) is 5.90. The minimum atomic E-state index is -0.569. The van der Waals surface area contributed by atoms with E-state index in [1.165, 1.54) is 0 Å². The van der Waals surface area contributed by atoms with Crippen LogP contribution in [-0.4, -0.2) is 16.4 Å². The van der Waals surface area contributed by atoms with Crippen LogP contribution in [0.2, 0.25) is 0 Å². The van der Waals surface area contributed by atoms with E-state index < -0.39 is 5.54 Å². The molecule has 0 atom stereocenters. The number of thiocarbonyl (C=S) groups is 1. The van der Waals surface area contributed by atoms with E-state index in [1.807, 2.05) is 6.92 Å². The Morgan fingerprint density at radius 2 is 2.08 bits per heavy atom. The van der Waals surface area contributed by atoms with Crippen LogP contribution in [0.4, 0.5) is 0 Å². The predicted molar refractivity (Wildman–Crippen MR) is 58.5 cm³/mol. The van der Waals surface area contributed by atoms with Gasteiger partial charge in [0, 0.05) is 6.42 Å². The van der Waals surface area contributed by atoms with Crippen molar-refractivity contribution in [1.82, 2.24) is 5.32 Å². The van der Waals surface area contributed by atoms with Crippen LogP contribution in [0.5, 0.6) is 0 Å². The summed E-state index contributed by atoms with van der Waals surface area (Å²) in [7, 11) is 0. The van der Waals surface area contributed by atoms with Gasteiger partial charge in [-0.1, -0.05) is 25.6 Å². The minimum absolute atomic E-state index is 0.0136. The van der Waals surface area contributed by atoms with E-state index in [1.54, 1.807) is 13.8 Å². The van der Waals surface area contributed by atoms with Gasteiger partial charge >= 0.3 is 0 Å². The number of carbonyl (C=O) groups excluding carboxylic acids is 1. The van der Waals surface area contributed by atoms with E-state index >= 15 is 0 Å². The third-order valence-corrected chi connectivity index (χ3v) is 2.34. The van der Waals surface area contributed by atoms with Crippen LogP contribution < -0.4 is 11.1 Å².